The van der Waals surface area contributed by atoms with E-state index in [-0.39, 0.29) is 5.97 Å². The predicted octanol–water partition coefficient (Wildman–Crippen LogP) is 15.8. The summed E-state index contributed by atoms with van der Waals surface area (Å²) in [6.07, 6.45) is 55.6. The standard InChI is InChI=1S/C46H88O4/c1-2-3-4-5-6-7-27-31-34-37-40-43-46(49)50-44-41-38-35-32-29-26-24-22-20-18-16-14-12-10-8-9-11-13-15-17-19-21-23-25-28-30-33-36-39-42-45(47)48/h5-6H,2-4,7-44H2,1H3,(H,47,48)/b6-5-. The first-order valence-corrected chi connectivity index (χ1v) is 22.7. The first kappa shape index (κ1) is 48.7. The highest BCUT2D eigenvalue weighted by Crippen LogP contribution is 2.17. The number of hydrogen-bond acceptors (Lipinski definition) is 3. The van der Waals surface area contributed by atoms with Gasteiger partial charge in [0.2, 0.25) is 0 Å². The van der Waals surface area contributed by atoms with E-state index in [4.69, 9.17) is 9.84 Å². The number of allylic oxidation sites excluding steroid dienone is 2. The van der Waals surface area contributed by atoms with Crippen LogP contribution in [0.25, 0.3) is 0 Å². The number of esters is 1. The Bertz CT molecular complexity index is 702. The summed E-state index contributed by atoms with van der Waals surface area (Å²) in [6, 6.07) is 0. The number of ether oxygens (including phenoxy) is 1. The molecule has 4 nitrogen and oxygen atoms in total. The van der Waals surface area contributed by atoms with Gasteiger partial charge in [-0.15, -0.1) is 0 Å². The summed E-state index contributed by atoms with van der Waals surface area (Å²) in [5.41, 5.74) is 0. The third kappa shape index (κ3) is 44.7. The van der Waals surface area contributed by atoms with E-state index in [9.17, 15) is 9.59 Å². The lowest BCUT2D eigenvalue weighted by atomic mass is 10.0. The average Bonchev–Trinajstić information content (AvgIpc) is 3.11. The zero-order valence-electron chi connectivity index (χ0n) is 33.8. The molecule has 0 atom stereocenters. The molecule has 0 spiro atoms. The van der Waals surface area contributed by atoms with E-state index in [0.29, 0.717) is 19.4 Å². The third-order valence-electron chi connectivity index (χ3n) is 10.4. The SMILES string of the molecule is CCCC/C=C\CCCCCCCC(=O)OCCCCCCCCCCCCCCCCCCCCCCCCCCCCCCCC(=O)O. The predicted molar refractivity (Wildman–Crippen MR) is 218 cm³/mol. The summed E-state index contributed by atoms with van der Waals surface area (Å²) in [6.45, 7) is 2.86. The number of hydrogen-bond donors (Lipinski definition) is 1. The minimum atomic E-state index is -0.653. The number of carbonyl (C=O) groups is 2. The smallest absolute Gasteiger partial charge is 0.305 e. The summed E-state index contributed by atoms with van der Waals surface area (Å²) in [5, 5.41) is 8.65. The van der Waals surface area contributed by atoms with Crippen LogP contribution in [0.15, 0.2) is 12.2 Å². The van der Waals surface area contributed by atoms with Crippen molar-refractivity contribution in [1.29, 1.82) is 0 Å². The first-order valence-electron chi connectivity index (χ1n) is 22.7. The van der Waals surface area contributed by atoms with Crippen LogP contribution < -0.4 is 0 Å². The molecule has 0 rings (SSSR count). The quantitative estimate of drug-likeness (QED) is 0.0390. The summed E-state index contributed by atoms with van der Waals surface area (Å²) in [7, 11) is 0. The summed E-state index contributed by atoms with van der Waals surface area (Å²) in [5.74, 6) is -0.643. The topological polar surface area (TPSA) is 63.6 Å². The fourth-order valence-electron chi connectivity index (χ4n) is 7.03. The van der Waals surface area contributed by atoms with Crippen LogP contribution in [0.3, 0.4) is 0 Å². The monoisotopic (exact) mass is 705 g/mol. The van der Waals surface area contributed by atoms with Crippen molar-refractivity contribution in [3.63, 3.8) is 0 Å². The fourth-order valence-corrected chi connectivity index (χ4v) is 7.03. The molecule has 0 aliphatic carbocycles. The lowest BCUT2D eigenvalue weighted by Gasteiger charge is -2.06. The highest BCUT2D eigenvalue weighted by Gasteiger charge is 2.03. The molecule has 0 bridgehead atoms. The summed E-state index contributed by atoms with van der Waals surface area (Å²) in [4.78, 5) is 22.4. The minimum Gasteiger partial charge on any atom is -0.481 e. The Morgan fingerprint density at radius 2 is 0.660 bits per heavy atom. The minimum absolute atomic E-state index is 0.0102. The highest BCUT2D eigenvalue weighted by molar-refractivity contribution is 5.69. The molecule has 0 aliphatic heterocycles. The van der Waals surface area contributed by atoms with Crippen LogP contribution in [-0.4, -0.2) is 23.7 Å². The van der Waals surface area contributed by atoms with Gasteiger partial charge in [-0.05, 0) is 38.5 Å². The van der Waals surface area contributed by atoms with Gasteiger partial charge in [0.15, 0.2) is 0 Å². The summed E-state index contributed by atoms with van der Waals surface area (Å²) >= 11 is 0. The van der Waals surface area contributed by atoms with Gasteiger partial charge in [-0.2, -0.15) is 0 Å². The Balaban J connectivity index is 3.13. The fraction of sp³-hybridized carbons (Fsp3) is 0.913. The van der Waals surface area contributed by atoms with Gasteiger partial charge in [0.05, 0.1) is 6.61 Å². The third-order valence-corrected chi connectivity index (χ3v) is 10.4. The molecule has 0 aromatic rings. The van der Waals surface area contributed by atoms with Gasteiger partial charge < -0.3 is 9.84 Å². The van der Waals surface area contributed by atoms with Crippen molar-refractivity contribution in [2.45, 2.75) is 264 Å². The molecular weight excluding hydrogens is 617 g/mol. The van der Waals surface area contributed by atoms with Crippen LogP contribution in [0.2, 0.25) is 0 Å². The van der Waals surface area contributed by atoms with Gasteiger partial charge in [0.25, 0.3) is 0 Å². The molecule has 0 unspecified atom stereocenters. The van der Waals surface area contributed by atoms with E-state index in [1.165, 1.54) is 212 Å². The van der Waals surface area contributed by atoms with E-state index in [1.807, 2.05) is 0 Å². The van der Waals surface area contributed by atoms with Crippen molar-refractivity contribution >= 4 is 11.9 Å². The molecule has 0 saturated heterocycles. The van der Waals surface area contributed by atoms with E-state index in [2.05, 4.69) is 19.1 Å². The zero-order chi connectivity index (χ0) is 36.3. The molecule has 4 heteroatoms. The molecule has 0 aliphatic rings. The molecular formula is C46H88O4. The summed E-state index contributed by atoms with van der Waals surface area (Å²) < 4.78 is 5.44. The number of aliphatic carboxylic acids is 1. The van der Waals surface area contributed by atoms with Crippen LogP contribution in [0.1, 0.15) is 264 Å². The Morgan fingerprint density at radius 3 is 1.00 bits per heavy atom. The van der Waals surface area contributed by atoms with E-state index >= 15 is 0 Å². The number of carboxylic acid groups (broad SMARTS) is 1. The second kappa shape index (κ2) is 43.8. The number of unbranched alkanes of at least 4 members (excludes halogenated alkanes) is 35. The molecule has 50 heavy (non-hydrogen) atoms. The van der Waals surface area contributed by atoms with Crippen LogP contribution in [-0.2, 0) is 14.3 Å². The van der Waals surface area contributed by atoms with E-state index in [0.717, 1.165) is 32.1 Å². The number of carboxylic acids is 1. The van der Waals surface area contributed by atoms with E-state index < -0.39 is 5.97 Å². The Morgan fingerprint density at radius 1 is 0.380 bits per heavy atom. The Hall–Kier alpha value is -1.32. The maximum atomic E-state index is 11.9. The second-order valence-electron chi connectivity index (χ2n) is 15.5. The van der Waals surface area contributed by atoms with Crippen molar-refractivity contribution in [2.24, 2.45) is 0 Å². The molecule has 0 heterocycles. The van der Waals surface area contributed by atoms with Crippen LogP contribution >= 0.6 is 0 Å². The normalized spacial score (nSPS) is 11.5. The number of rotatable bonds is 43. The first-order chi connectivity index (χ1) is 24.7. The Labute approximate surface area is 313 Å². The zero-order valence-corrected chi connectivity index (χ0v) is 33.8. The van der Waals surface area contributed by atoms with Crippen LogP contribution in [0, 0.1) is 0 Å². The van der Waals surface area contributed by atoms with Gasteiger partial charge in [0, 0.05) is 12.8 Å². The largest absolute Gasteiger partial charge is 0.481 e. The molecule has 1 N–H and O–H groups in total. The van der Waals surface area contributed by atoms with Crippen molar-refractivity contribution in [2.75, 3.05) is 6.61 Å². The number of carbonyl (C=O) groups excluding carboxylic acids is 1. The van der Waals surface area contributed by atoms with Crippen molar-refractivity contribution < 1.29 is 19.4 Å². The molecule has 0 radical (unpaired) electrons. The van der Waals surface area contributed by atoms with Gasteiger partial charge in [0.1, 0.15) is 0 Å². The Kier molecular flexibility index (Phi) is 42.7. The second-order valence-corrected chi connectivity index (χ2v) is 15.5. The van der Waals surface area contributed by atoms with Gasteiger partial charge in [-0.3, -0.25) is 9.59 Å². The molecule has 0 saturated carbocycles. The molecule has 0 aromatic carbocycles. The highest BCUT2D eigenvalue weighted by atomic mass is 16.5. The van der Waals surface area contributed by atoms with Gasteiger partial charge >= 0.3 is 11.9 Å². The van der Waals surface area contributed by atoms with Crippen molar-refractivity contribution in [1.82, 2.24) is 0 Å². The van der Waals surface area contributed by atoms with Crippen molar-refractivity contribution in [3.8, 4) is 0 Å². The van der Waals surface area contributed by atoms with Crippen LogP contribution in [0.5, 0.6) is 0 Å². The average molecular weight is 705 g/mol. The lowest BCUT2D eigenvalue weighted by molar-refractivity contribution is -0.144. The maximum Gasteiger partial charge on any atom is 0.305 e. The van der Waals surface area contributed by atoms with E-state index in [1.54, 1.807) is 0 Å². The van der Waals surface area contributed by atoms with Gasteiger partial charge in [-0.1, -0.05) is 225 Å². The molecule has 0 fully saturated rings. The van der Waals surface area contributed by atoms with Crippen LogP contribution in [0.4, 0.5) is 0 Å². The molecule has 296 valence electrons. The molecule has 0 aromatic heterocycles. The lowest BCUT2D eigenvalue weighted by Crippen LogP contribution is -2.05. The van der Waals surface area contributed by atoms with Gasteiger partial charge in [-0.25, -0.2) is 0 Å². The maximum absolute atomic E-state index is 11.9. The van der Waals surface area contributed by atoms with Crippen molar-refractivity contribution in [3.05, 3.63) is 12.2 Å². The molecule has 0 amide bonds.